The number of nitrogens with zero attached hydrogens (tertiary/aromatic N) is 3. The van der Waals surface area contributed by atoms with Crippen LogP contribution in [0.2, 0.25) is 0 Å². The van der Waals surface area contributed by atoms with Crippen molar-refractivity contribution in [3.05, 3.63) is 78.9 Å². The van der Waals surface area contributed by atoms with Crippen LogP contribution in [0.3, 0.4) is 0 Å². The number of oxazole rings is 1. The maximum atomic E-state index is 13.2. The third kappa shape index (κ3) is 4.03. The molecule has 1 spiro atoms. The topological polar surface area (TPSA) is 127 Å². The highest BCUT2D eigenvalue weighted by Crippen LogP contribution is 2.36. The molecule has 0 saturated carbocycles. The molecule has 0 atom stereocenters. The summed E-state index contributed by atoms with van der Waals surface area (Å²) in [5.41, 5.74) is 1.15. The number of hydrogen-bond donors (Lipinski definition) is 2. The number of benzene rings is 2. The lowest BCUT2D eigenvalue weighted by Crippen LogP contribution is -2.71. The normalized spacial score (nSPS) is 16.4. The van der Waals surface area contributed by atoms with Gasteiger partial charge in [-0.15, -0.1) is 0 Å². The van der Waals surface area contributed by atoms with E-state index in [4.69, 9.17) is 9.15 Å². The fourth-order valence-corrected chi connectivity index (χ4v) is 4.73. The molecule has 2 aliphatic rings. The summed E-state index contributed by atoms with van der Waals surface area (Å²) in [4.78, 5) is 47.3. The van der Waals surface area contributed by atoms with E-state index in [2.05, 4.69) is 20.6 Å². The minimum atomic E-state index is -1.48. The van der Waals surface area contributed by atoms with Crippen LogP contribution < -0.4 is 20.3 Å². The van der Waals surface area contributed by atoms with E-state index in [0.29, 0.717) is 48.3 Å². The highest BCUT2D eigenvalue weighted by molar-refractivity contribution is 6.24. The first-order valence-corrected chi connectivity index (χ1v) is 11.8. The molecule has 0 bridgehead atoms. The van der Waals surface area contributed by atoms with E-state index in [-0.39, 0.29) is 5.82 Å². The number of anilines is 1. The maximum Gasteiger partial charge on any atom is 0.328 e. The minimum Gasteiger partial charge on any atom is -0.444 e. The molecule has 2 fully saturated rings. The average molecular weight is 513 g/mol. The number of hydrogen-bond acceptors (Lipinski definition) is 8. The Balaban J connectivity index is 1.15. The second kappa shape index (κ2) is 9.11. The lowest BCUT2D eigenvalue weighted by atomic mass is 9.92. The van der Waals surface area contributed by atoms with E-state index in [0.717, 1.165) is 11.1 Å². The number of halogens is 1. The van der Waals surface area contributed by atoms with Crippen molar-refractivity contribution >= 4 is 23.5 Å². The Kier molecular flexibility index (Phi) is 5.60. The number of nitrogens with one attached hydrogen (secondary N) is 2. The van der Waals surface area contributed by atoms with Gasteiger partial charge in [0.1, 0.15) is 23.5 Å². The van der Waals surface area contributed by atoms with Gasteiger partial charge in [-0.25, -0.2) is 19.2 Å². The second-order valence-electron chi connectivity index (χ2n) is 8.88. The van der Waals surface area contributed by atoms with Crippen LogP contribution in [0.5, 0.6) is 11.6 Å². The molecule has 2 aliphatic heterocycles. The van der Waals surface area contributed by atoms with Gasteiger partial charge in [-0.05, 0) is 67.4 Å². The second-order valence-corrected chi connectivity index (χ2v) is 8.88. The molecule has 0 radical (unpaired) electrons. The minimum absolute atomic E-state index is 0.290. The predicted octanol–water partition coefficient (Wildman–Crippen LogP) is 4.04. The van der Waals surface area contributed by atoms with Crippen molar-refractivity contribution in [2.75, 3.05) is 11.4 Å². The van der Waals surface area contributed by atoms with Gasteiger partial charge in [0, 0.05) is 23.7 Å². The van der Waals surface area contributed by atoms with E-state index in [1.54, 1.807) is 53.4 Å². The summed E-state index contributed by atoms with van der Waals surface area (Å²) in [6.07, 6.45) is 3.94. The van der Waals surface area contributed by atoms with Crippen molar-refractivity contribution in [1.29, 1.82) is 0 Å². The Morgan fingerprint density at radius 3 is 2.32 bits per heavy atom. The molecule has 11 heteroatoms. The van der Waals surface area contributed by atoms with Crippen molar-refractivity contribution in [3.8, 4) is 34.3 Å². The first kappa shape index (κ1) is 23.3. The van der Waals surface area contributed by atoms with Gasteiger partial charge in [-0.3, -0.25) is 20.2 Å². The lowest BCUT2D eigenvalue weighted by molar-refractivity contribution is -0.137. The molecule has 0 unspecified atom stereocenters. The van der Waals surface area contributed by atoms with Gasteiger partial charge in [-0.1, -0.05) is 0 Å². The van der Waals surface area contributed by atoms with Crippen LogP contribution in [-0.2, 0) is 9.59 Å². The highest BCUT2D eigenvalue weighted by atomic mass is 19.1. The smallest absolute Gasteiger partial charge is 0.328 e. The number of urea groups is 1. The molecule has 4 aromatic rings. The number of imide groups is 2. The van der Waals surface area contributed by atoms with E-state index in [9.17, 15) is 18.8 Å². The number of ether oxygens (including phenoxy) is 1. The number of aromatic nitrogens is 2. The number of carbonyl (C=O) groups is 3. The summed E-state index contributed by atoms with van der Waals surface area (Å²) in [7, 11) is 0. The molecule has 2 aromatic carbocycles. The average Bonchev–Trinajstić information content (AvgIpc) is 3.58. The molecule has 4 amide bonds. The van der Waals surface area contributed by atoms with E-state index >= 15 is 0 Å². The summed E-state index contributed by atoms with van der Waals surface area (Å²) < 4.78 is 24.6. The van der Waals surface area contributed by atoms with Crippen LogP contribution in [0.15, 0.2) is 77.5 Å². The van der Waals surface area contributed by atoms with Crippen molar-refractivity contribution in [2.24, 2.45) is 0 Å². The van der Waals surface area contributed by atoms with E-state index in [1.165, 1.54) is 24.6 Å². The summed E-state index contributed by atoms with van der Waals surface area (Å²) in [6.45, 7) is 0.460. The molecule has 2 saturated heterocycles. The van der Waals surface area contributed by atoms with Gasteiger partial charge < -0.3 is 14.1 Å². The van der Waals surface area contributed by atoms with Crippen LogP contribution >= 0.6 is 0 Å². The standard InChI is InChI=1S/C27H20FN5O5/c28-18-6-2-16(3-7-18)21-15-37-23(30-21)17-4-9-20(10-5-17)38-22-11-8-19(14-29-22)33-13-1-12-27(33)24(34)31-26(36)32-25(27)35/h2-11,14-15H,1,12-13H2,(H2,31,32,34,35,36). The molecular formula is C27H20FN5O5. The fourth-order valence-electron chi connectivity index (χ4n) is 4.73. The van der Waals surface area contributed by atoms with Crippen molar-refractivity contribution in [2.45, 2.75) is 18.4 Å². The largest absolute Gasteiger partial charge is 0.444 e. The highest BCUT2D eigenvalue weighted by Gasteiger charge is 2.57. The summed E-state index contributed by atoms with van der Waals surface area (Å²) in [6, 6.07) is 15.6. The summed E-state index contributed by atoms with van der Waals surface area (Å²) in [5.74, 6) is -0.340. The van der Waals surface area contributed by atoms with Crippen LogP contribution in [0.4, 0.5) is 14.9 Å². The van der Waals surface area contributed by atoms with Gasteiger partial charge in [0.2, 0.25) is 11.8 Å². The van der Waals surface area contributed by atoms with Gasteiger partial charge >= 0.3 is 6.03 Å². The van der Waals surface area contributed by atoms with Crippen LogP contribution in [0, 0.1) is 5.82 Å². The summed E-state index contributed by atoms with van der Waals surface area (Å²) in [5, 5.41) is 4.39. The number of amides is 4. The number of rotatable bonds is 5. The fraction of sp³-hybridized carbons (Fsp3) is 0.148. The first-order valence-electron chi connectivity index (χ1n) is 11.8. The Bertz CT molecular complexity index is 1510. The Hall–Kier alpha value is -5.06. The molecule has 2 aromatic heterocycles. The van der Waals surface area contributed by atoms with Crippen LogP contribution in [0.1, 0.15) is 12.8 Å². The van der Waals surface area contributed by atoms with Crippen LogP contribution in [-0.4, -0.2) is 39.9 Å². The molecule has 190 valence electrons. The van der Waals surface area contributed by atoms with Gasteiger partial charge in [-0.2, -0.15) is 0 Å². The van der Waals surface area contributed by atoms with Gasteiger partial charge in [0.05, 0.1) is 11.9 Å². The molecule has 0 aliphatic carbocycles. The molecule has 4 heterocycles. The Morgan fingerprint density at radius 2 is 1.63 bits per heavy atom. The molecular weight excluding hydrogens is 493 g/mol. The molecule has 38 heavy (non-hydrogen) atoms. The van der Waals surface area contributed by atoms with E-state index < -0.39 is 23.4 Å². The monoisotopic (exact) mass is 513 g/mol. The molecule has 6 rings (SSSR count). The quantitative estimate of drug-likeness (QED) is 0.383. The Labute approximate surface area is 215 Å². The SMILES string of the molecule is O=C1NC(=O)C2(CCCN2c2ccc(Oc3ccc(-c4nc(-c5ccc(F)cc5)co4)cc3)nc2)C(=O)N1. The molecule has 10 nitrogen and oxygen atoms in total. The maximum absolute atomic E-state index is 13.2. The van der Waals surface area contributed by atoms with Crippen molar-refractivity contribution in [1.82, 2.24) is 20.6 Å². The predicted molar refractivity (Wildman–Crippen MR) is 133 cm³/mol. The first-order chi connectivity index (χ1) is 18.4. The van der Waals surface area contributed by atoms with Crippen LogP contribution in [0.25, 0.3) is 22.7 Å². The zero-order valence-electron chi connectivity index (χ0n) is 19.8. The van der Waals surface area contributed by atoms with Crippen molar-refractivity contribution in [3.63, 3.8) is 0 Å². The van der Waals surface area contributed by atoms with E-state index in [1.807, 2.05) is 0 Å². The number of pyridine rings is 1. The Morgan fingerprint density at radius 1 is 0.921 bits per heavy atom. The zero-order chi connectivity index (χ0) is 26.3. The summed E-state index contributed by atoms with van der Waals surface area (Å²) >= 11 is 0. The van der Waals surface area contributed by atoms with Gasteiger partial charge in [0.25, 0.3) is 11.8 Å². The van der Waals surface area contributed by atoms with Gasteiger partial charge in [0.15, 0.2) is 5.54 Å². The number of barbiturate groups is 1. The number of carbonyl (C=O) groups excluding carboxylic acids is 3. The lowest BCUT2D eigenvalue weighted by Gasteiger charge is -2.38. The zero-order valence-corrected chi connectivity index (χ0v) is 19.8. The molecule has 2 N–H and O–H groups in total. The third-order valence-corrected chi connectivity index (χ3v) is 6.59. The third-order valence-electron chi connectivity index (χ3n) is 6.59. The van der Waals surface area contributed by atoms with Crippen molar-refractivity contribution < 1.29 is 27.9 Å².